The van der Waals surface area contributed by atoms with Crippen molar-refractivity contribution < 1.29 is 34.0 Å². The standard InChI is InChI=1S/C26H30N2O7/c1-16-14-18(5-7-20(16)33-2)24(30)22-23(17-4-6-19(29)21(15-17)34-3)28(26(32)25(22)31)9-8-27-10-12-35-13-11-27/h4-7,14-15,23,29-30H,8-13H2,1-3H3/b24-22+/t23-/m1/s1. The van der Waals surface area contributed by atoms with Crippen LogP contribution in [0.4, 0.5) is 0 Å². The summed E-state index contributed by atoms with van der Waals surface area (Å²) >= 11 is 0. The normalized spacial score (nSPS) is 20.3. The summed E-state index contributed by atoms with van der Waals surface area (Å²) < 4.78 is 16.0. The van der Waals surface area contributed by atoms with E-state index in [1.54, 1.807) is 37.4 Å². The molecule has 0 saturated carbocycles. The molecule has 2 heterocycles. The van der Waals surface area contributed by atoms with E-state index in [0.29, 0.717) is 36.6 Å². The Morgan fingerprint density at radius 2 is 1.74 bits per heavy atom. The SMILES string of the molecule is COc1ccc(/C(O)=C2\C(=O)C(=O)N(CCN3CCOCC3)[C@@H]2c2ccc(O)c(OC)c2)cc1C. The van der Waals surface area contributed by atoms with Crippen molar-refractivity contribution in [3.8, 4) is 17.2 Å². The highest BCUT2D eigenvalue weighted by atomic mass is 16.5. The van der Waals surface area contributed by atoms with Gasteiger partial charge < -0.3 is 29.3 Å². The molecule has 1 atom stereocenters. The molecule has 0 spiro atoms. The fourth-order valence-corrected chi connectivity index (χ4v) is 4.58. The number of hydrogen-bond acceptors (Lipinski definition) is 8. The Kier molecular flexibility index (Phi) is 7.28. The van der Waals surface area contributed by atoms with Crippen LogP contribution < -0.4 is 9.47 Å². The van der Waals surface area contributed by atoms with Gasteiger partial charge in [-0.25, -0.2) is 0 Å². The molecule has 4 rings (SSSR count). The van der Waals surface area contributed by atoms with Gasteiger partial charge in [-0.1, -0.05) is 6.07 Å². The van der Waals surface area contributed by atoms with Gasteiger partial charge in [0.2, 0.25) is 0 Å². The number of likely N-dealkylation sites (tertiary alicyclic amines) is 1. The van der Waals surface area contributed by atoms with Crippen LogP contribution in [0.3, 0.4) is 0 Å². The smallest absolute Gasteiger partial charge is 0.295 e. The fraction of sp³-hybridized carbons (Fsp3) is 0.385. The van der Waals surface area contributed by atoms with Gasteiger partial charge in [0.15, 0.2) is 11.5 Å². The number of carbonyl (C=O) groups excluding carboxylic acids is 2. The van der Waals surface area contributed by atoms with Gasteiger partial charge in [0.05, 0.1) is 39.0 Å². The minimum Gasteiger partial charge on any atom is -0.507 e. The van der Waals surface area contributed by atoms with Crippen molar-refractivity contribution >= 4 is 17.4 Å². The number of amides is 1. The molecule has 2 N–H and O–H groups in total. The predicted octanol–water partition coefficient (Wildman–Crippen LogP) is 2.47. The van der Waals surface area contributed by atoms with E-state index in [-0.39, 0.29) is 29.4 Å². The summed E-state index contributed by atoms with van der Waals surface area (Å²) in [6.45, 7) is 5.40. The number of benzene rings is 2. The number of hydrogen-bond donors (Lipinski definition) is 2. The number of aliphatic hydroxyl groups is 1. The Morgan fingerprint density at radius 1 is 1.03 bits per heavy atom. The summed E-state index contributed by atoms with van der Waals surface area (Å²) in [6.07, 6.45) is 0. The summed E-state index contributed by atoms with van der Waals surface area (Å²) in [6, 6.07) is 8.89. The number of ether oxygens (including phenoxy) is 3. The first-order valence-corrected chi connectivity index (χ1v) is 11.5. The van der Waals surface area contributed by atoms with Crippen LogP contribution in [0.5, 0.6) is 17.2 Å². The fourth-order valence-electron chi connectivity index (χ4n) is 4.58. The molecule has 186 valence electrons. The molecule has 0 aromatic heterocycles. The van der Waals surface area contributed by atoms with Gasteiger partial charge in [-0.15, -0.1) is 0 Å². The summed E-state index contributed by atoms with van der Waals surface area (Å²) in [5.74, 6) is -0.904. The lowest BCUT2D eigenvalue weighted by atomic mass is 9.94. The van der Waals surface area contributed by atoms with Crippen molar-refractivity contribution in [1.82, 2.24) is 9.80 Å². The van der Waals surface area contributed by atoms with Crippen molar-refractivity contribution in [2.75, 3.05) is 53.6 Å². The molecule has 2 aromatic carbocycles. The molecule has 35 heavy (non-hydrogen) atoms. The molecule has 2 saturated heterocycles. The Morgan fingerprint density at radius 3 is 2.40 bits per heavy atom. The van der Waals surface area contributed by atoms with E-state index < -0.39 is 17.7 Å². The lowest BCUT2D eigenvalue weighted by Gasteiger charge is -2.31. The highest BCUT2D eigenvalue weighted by Crippen LogP contribution is 2.42. The number of Topliss-reactive ketones (excluding diaryl/α,β-unsaturated/α-hetero) is 1. The molecule has 0 radical (unpaired) electrons. The van der Waals surface area contributed by atoms with Gasteiger partial charge in [-0.3, -0.25) is 14.5 Å². The molecule has 0 bridgehead atoms. The second kappa shape index (κ2) is 10.4. The zero-order valence-electron chi connectivity index (χ0n) is 20.1. The average Bonchev–Trinajstić information content (AvgIpc) is 3.12. The van der Waals surface area contributed by atoms with Crippen LogP contribution in [0, 0.1) is 6.92 Å². The lowest BCUT2D eigenvalue weighted by molar-refractivity contribution is -0.140. The number of methoxy groups -OCH3 is 2. The molecule has 2 aliphatic rings. The van der Waals surface area contributed by atoms with E-state index in [1.165, 1.54) is 18.1 Å². The summed E-state index contributed by atoms with van der Waals surface area (Å²) in [5.41, 5.74) is 1.73. The minimum absolute atomic E-state index is 0.00529. The van der Waals surface area contributed by atoms with Crippen LogP contribution in [-0.2, 0) is 14.3 Å². The molecule has 2 fully saturated rings. The quantitative estimate of drug-likeness (QED) is 0.352. The average molecular weight is 483 g/mol. The van der Waals surface area contributed by atoms with Crippen LogP contribution >= 0.6 is 0 Å². The summed E-state index contributed by atoms with van der Waals surface area (Å²) in [4.78, 5) is 30.1. The third-order valence-electron chi connectivity index (χ3n) is 6.49. The maximum absolute atomic E-state index is 13.2. The second-order valence-electron chi connectivity index (χ2n) is 8.56. The Hall–Kier alpha value is -3.56. The maximum atomic E-state index is 13.2. The highest BCUT2D eigenvalue weighted by molar-refractivity contribution is 6.46. The summed E-state index contributed by atoms with van der Waals surface area (Å²) in [7, 11) is 2.98. The van der Waals surface area contributed by atoms with E-state index >= 15 is 0 Å². The van der Waals surface area contributed by atoms with Crippen molar-refractivity contribution in [3.05, 3.63) is 58.7 Å². The number of phenols is 1. The van der Waals surface area contributed by atoms with E-state index in [2.05, 4.69) is 4.90 Å². The molecule has 9 heteroatoms. The first-order valence-electron chi connectivity index (χ1n) is 11.5. The zero-order valence-corrected chi connectivity index (χ0v) is 20.1. The molecule has 0 aliphatic carbocycles. The molecule has 9 nitrogen and oxygen atoms in total. The molecular weight excluding hydrogens is 452 g/mol. The number of rotatable bonds is 7. The number of aromatic hydroxyl groups is 1. The largest absolute Gasteiger partial charge is 0.507 e. The van der Waals surface area contributed by atoms with E-state index in [4.69, 9.17) is 14.2 Å². The van der Waals surface area contributed by atoms with Gasteiger partial charge >= 0.3 is 0 Å². The number of ketones is 1. The maximum Gasteiger partial charge on any atom is 0.295 e. The van der Waals surface area contributed by atoms with Crippen LogP contribution in [0.2, 0.25) is 0 Å². The van der Waals surface area contributed by atoms with Crippen LogP contribution in [0.25, 0.3) is 5.76 Å². The first-order chi connectivity index (χ1) is 16.8. The lowest BCUT2D eigenvalue weighted by Crippen LogP contribution is -2.42. The Balaban J connectivity index is 1.78. The molecule has 1 amide bonds. The molecule has 0 unspecified atom stereocenters. The third-order valence-corrected chi connectivity index (χ3v) is 6.49. The van der Waals surface area contributed by atoms with Crippen molar-refractivity contribution in [2.45, 2.75) is 13.0 Å². The first kappa shape index (κ1) is 24.6. The van der Waals surface area contributed by atoms with Crippen LogP contribution in [-0.4, -0.2) is 85.3 Å². The van der Waals surface area contributed by atoms with Crippen molar-refractivity contribution in [2.24, 2.45) is 0 Å². The Labute approximate surface area is 204 Å². The van der Waals surface area contributed by atoms with E-state index in [0.717, 1.165) is 18.7 Å². The molecule has 2 aliphatic heterocycles. The summed E-state index contributed by atoms with van der Waals surface area (Å²) in [5, 5.41) is 21.4. The molecule has 2 aromatic rings. The topological polar surface area (TPSA) is 109 Å². The minimum atomic E-state index is -0.840. The van der Waals surface area contributed by atoms with Gasteiger partial charge in [-0.2, -0.15) is 0 Å². The van der Waals surface area contributed by atoms with E-state index in [9.17, 15) is 19.8 Å². The number of phenolic OH excluding ortho intramolecular Hbond substituents is 1. The number of aryl methyl sites for hydroxylation is 1. The monoisotopic (exact) mass is 482 g/mol. The molecular formula is C26H30N2O7. The number of aliphatic hydroxyl groups excluding tert-OH is 1. The van der Waals surface area contributed by atoms with Gasteiger partial charge in [0.1, 0.15) is 11.5 Å². The zero-order chi connectivity index (χ0) is 25.1. The van der Waals surface area contributed by atoms with Gasteiger partial charge in [0.25, 0.3) is 11.7 Å². The van der Waals surface area contributed by atoms with Crippen molar-refractivity contribution in [3.63, 3.8) is 0 Å². The number of morpholine rings is 1. The third kappa shape index (κ3) is 4.82. The number of nitrogens with zero attached hydrogens (tertiary/aromatic N) is 2. The number of carbonyl (C=O) groups is 2. The van der Waals surface area contributed by atoms with Crippen molar-refractivity contribution in [1.29, 1.82) is 0 Å². The van der Waals surface area contributed by atoms with E-state index in [1.807, 2.05) is 6.92 Å². The Bertz CT molecular complexity index is 1150. The van der Waals surface area contributed by atoms with Crippen LogP contribution in [0.15, 0.2) is 42.0 Å². The second-order valence-corrected chi connectivity index (χ2v) is 8.56. The van der Waals surface area contributed by atoms with Gasteiger partial charge in [-0.05, 0) is 48.4 Å². The van der Waals surface area contributed by atoms with Crippen LogP contribution in [0.1, 0.15) is 22.7 Å². The predicted molar refractivity (Wildman–Crippen MR) is 129 cm³/mol. The van der Waals surface area contributed by atoms with Gasteiger partial charge in [0, 0.05) is 31.7 Å². The highest BCUT2D eigenvalue weighted by Gasteiger charge is 2.46.